The zero-order valence-corrected chi connectivity index (χ0v) is 15.9. The molecule has 3 aromatic rings. The van der Waals surface area contributed by atoms with Gasteiger partial charge in [0.2, 0.25) is 5.91 Å². The molecule has 4 rings (SSSR count). The van der Waals surface area contributed by atoms with Crippen molar-refractivity contribution in [1.82, 2.24) is 25.1 Å². The Bertz CT molecular complexity index is 942. The van der Waals surface area contributed by atoms with Gasteiger partial charge in [0, 0.05) is 44.3 Å². The van der Waals surface area contributed by atoms with E-state index < -0.39 is 0 Å². The van der Waals surface area contributed by atoms with Gasteiger partial charge in [-0.05, 0) is 12.1 Å². The smallest absolute Gasteiger partial charge is 0.277 e. The number of carbonyl (C=O) groups is 1. The van der Waals surface area contributed by atoms with E-state index in [1.54, 1.807) is 0 Å². The maximum atomic E-state index is 12.5. The van der Waals surface area contributed by atoms with Gasteiger partial charge in [-0.3, -0.25) is 4.79 Å². The Morgan fingerprint density at radius 3 is 2.57 bits per heavy atom. The number of rotatable bonds is 5. The molecule has 2 aromatic heterocycles. The Balaban J connectivity index is 1.29. The van der Waals surface area contributed by atoms with E-state index in [0.29, 0.717) is 24.0 Å². The van der Waals surface area contributed by atoms with E-state index in [0.717, 1.165) is 13.1 Å². The quantitative estimate of drug-likeness (QED) is 0.640. The molecule has 0 bridgehead atoms. The van der Waals surface area contributed by atoms with Gasteiger partial charge in [0.05, 0.1) is 5.75 Å². The van der Waals surface area contributed by atoms with Gasteiger partial charge in [0.15, 0.2) is 11.5 Å². The SMILES string of the molecule is Nc1nccnc1-c1nnc(SCC(=O)N2CCN(c3ccccc3)CC2)o1. The van der Waals surface area contributed by atoms with E-state index in [1.807, 2.05) is 23.1 Å². The molecule has 144 valence electrons. The Morgan fingerprint density at radius 2 is 1.82 bits per heavy atom. The fourth-order valence-corrected chi connectivity index (χ4v) is 3.61. The van der Waals surface area contributed by atoms with E-state index in [9.17, 15) is 4.79 Å². The fraction of sp³-hybridized carbons (Fsp3) is 0.278. The third kappa shape index (κ3) is 4.06. The molecular weight excluding hydrogens is 378 g/mol. The van der Waals surface area contributed by atoms with Crippen LogP contribution in [-0.2, 0) is 4.79 Å². The van der Waals surface area contributed by atoms with Crippen molar-refractivity contribution in [3.05, 3.63) is 42.7 Å². The molecule has 0 radical (unpaired) electrons. The second kappa shape index (κ2) is 8.26. The lowest BCUT2D eigenvalue weighted by Crippen LogP contribution is -2.49. The van der Waals surface area contributed by atoms with Crippen molar-refractivity contribution in [2.75, 3.05) is 42.6 Å². The highest BCUT2D eigenvalue weighted by atomic mass is 32.2. The molecule has 0 saturated carbocycles. The number of hydrogen-bond acceptors (Lipinski definition) is 9. The van der Waals surface area contributed by atoms with E-state index in [2.05, 4.69) is 37.2 Å². The largest absolute Gasteiger partial charge is 0.409 e. The first-order valence-corrected chi connectivity index (χ1v) is 9.80. The van der Waals surface area contributed by atoms with E-state index in [1.165, 1.54) is 29.8 Å². The summed E-state index contributed by atoms with van der Waals surface area (Å²) in [7, 11) is 0. The summed E-state index contributed by atoms with van der Waals surface area (Å²) >= 11 is 1.21. The molecule has 10 heteroatoms. The number of nitrogens with two attached hydrogens (primary N) is 1. The number of hydrogen-bond donors (Lipinski definition) is 1. The van der Waals surface area contributed by atoms with Gasteiger partial charge in [0.1, 0.15) is 0 Å². The highest BCUT2D eigenvalue weighted by molar-refractivity contribution is 7.99. The number of nitrogen functional groups attached to an aromatic ring is 1. The first kappa shape index (κ1) is 18.2. The zero-order valence-electron chi connectivity index (χ0n) is 15.1. The molecule has 0 unspecified atom stereocenters. The van der Waals surface area contributed by atoms with Crippen molar-refractivity contribution in [1.29, 1.82) is 0 Å². The summed E-state index contributed by atoms with van der Waals surface area (Å²) in [5, 5.41) is 8.18. The summed E-state index contributed by atoms with van der Waals surface area (Å²) in [6.07, 6.45) is 2.99. The topological polar surface area (TPSA) is 114 Å². The van der Waals surface area contributed by atoms with Crippen molar-refractivity contribution >= 4 is 29.2 Å². The summed E-state index contributed by atoms with van der Waals surface area (Å²) < 4.78 is 5.54. The van der Waals surface area contributed by atoms with Crippen molar-refractivity contribution in [3.63, 3.8) is 0 Å². The van der Waals surface area contributed by atoms with Gasteiger partial charge in [-0.2, -0.15) is 0 Å². The average Bonchev–Trinajstić information content (AvgIpc) is 3.22. The number of piperazine rings is 1. The van der Waals surface area contributed by atoms with E-state index >= 15 is 0 Å². The number of para-hydroxylation sites is 1. The Labute approximate surface area is 166 Å². The molecule has 0 spiro atoms. The van der Waals surface area contributed by atoms with Gasteiger partial charge < -0.3 is 20.0 Å². The number of thioether (sulfide) groups is 1. The van der Waals surface area contributed by atoms with Gasteiger partial charge >= 0.3 is 0 Å². The van der Waals surface area contributed by atoms with Crippen LogP contribution in [0, 0.1) is 0 Å². The third-order valence-electron chi connectivity index (χ3n) is 4.41. The lowest BCUT2D eigenvalue weighted by Gasteiger charge is -2.36. The van der Waals surface area contributed by atoms with Gasteiger partial charge in [-0.15, -0.1) is 10.2 Å². The third-order valence-corrected chi connectivity index (χ3v) is 5.21. The summed E-state index contributed by atoms with van der Waals surface area (Å²) in [6, 6.07) is 10.2. The van der Waals surface area contributed by atoms with E-state index in [4.69, 9.17) is 10.2 Å². The van der Waals surface area contributed by atoms with Crippen LogP contribution < -0.4 is 10.6 Å². The molecule has 28 heavy (non-hydrogen) atoms. The summed E-state index contributed by atoms with van der Waals surface area (Å²) in [4.78, 5) is 24.7. The molecule has 1 aliphatic heterocycles. The highest BCUT2D eigenvalue weighted by Gasteiger charge is 2.22. The zero-order chi connectivity index (χ0) is 19.3. The monoisotopic (exact) mass is 397 g/mol. The van der Waals surface area contributed by atoms with Crippen molar-refractivity contribution in [2.24, 2.45) is 0 Å². The molecule has 2 N–H and O–H groups in total. The van der Waals surface area contributed by atoms with Crippen LogP contribution in [0.3, 0.4) is 0 Å². The number of anilines is 2. The van der Waals surface area contributed by atoms with Crippen molar-refractivity contribution < 1.29 is 9.21 Å². The molecule has 0 aliphatic carbocycles. The molecular formula is C18H19N7O2S. The van der Waals surface area contributed by atoms with Crippen LogP contribution in [0.25, 0.3) is 11.6 Å². The first-order valence-electron chi connectivity index (χ1n) is 8.81. The lowest BCUT2D eigenvalue weighted by molar-refractivity contribution is -0.128. The minimum Gasteiger partial charge on any atom is -0.409 e. The Morgan fingerprint density at radius 1 is 1.07 bits per heavy atom. The Kier molecular flexibility index (Phi) is 5.38. The van der Waals surface area contributed by atoms with Crippen molar-refractivity contribution in [2.45, 2.75) is 5.22 Å². The molecule has 1 aromatic carbocycles. The minimum absolute atomic E-state index is 0.0523. The van der Waals surface area contributed by atoms with Crippen LogP contribution in [-0.4, -0.2) is 62.9 Å². The van der Waals surface area contributed by atoms with E-state index in [-0.39, 0.29) is 23.4 Å². The van der Waals surface area contributed by atoms with Crippen LogP contribution in [0.5, 0.6) is 0 Å². The molecule has 1 saturated heterocycles. The van der Waals surface area contributed by atoms with Crippen molar-refractivity contribution in [3.8, 4) is 11.6 Å². The van der Waals surface area contributed by atoms with Crippen LogP contribution in [0.1, 0.15) is 0 Å². The molecule has 1 aliphatic rings. The maximum absolute atomic E-state index is 12.5. The fourth-order valence-electron chi connectivity index (χ4n) is 2.94. The lowest BCUT2D eigenvalue weighted by atomic mass is 10.2. The van der Waals surface area contributed by atoms with Crippen LogP contribution in [0.2, 0.25) is 0 Å². The molecule has 0 atom stereocenters. The standard InChI is InChI=1S/C18H19N7O2S/c19-16-15(20-6-7-21-16)17-22-23-18(27-17)28-12-14(26)25-10-8-24(9-11-25)13-4-2-1-3-5-13/h1-7H,8-12H2,(H2,19,21). The maximum Gasteiger partial charge on any atom is 0.277 e. The van der Waals surface area contributed by atoms with Gasteiger partial charge in [-0.25, -0.2) is 9.97 Å². The summed E-state index contributed by atoms with van der Waals surface area (Å²) in [6.45, 7) is 3.02. The van der Waals surface area contributed by atoms with Crippen LogP contribution in [0.15, 0.2) is 52.4 Å². The van der Waals surface area contributed by atoms with Crippen LogP contribution >= 0.6 is 11.8 Å². The number of carbonyl (C=O) groups excluding carboxylic acids is 1. The van der Waals surface area contributed by atoms with Gasteiger partial charge in [0.25, 0.3) is 11.1 Å². The number of aromatic nitrogens is 4. The predicted molar refractivity (Wildman–Crippen MR) is 106 cm³/mol. The van der Waals surface area contributed by atoms with Crippen LogP contribution in [0.4, 0.5) is 11.5 Å². The molecule has 3 heterocycles. The minimum atomic E-state index is 0.0523. The first-order chi connectivity index (χ1) is 13.7. The normalized spacial score (nSPS) is 14.3. The average molecular weight is 397 g/mol. The number of amides is 1. The second-order valence-corrected chi connectivity index (χ2v) is 7.08. The second-order valence-electron chi connectivity index (χ2n) is 6.16. The molecule has 9 nitrogen and oxygen atoms in total. The van der Waals surface area contributed by atoms with Gasteiger partial charge in [-0.1, -0.05) is 30.0 Å². The summed E-state index contributed by atoms with van der Waals surface area (Å²) in [5.41, 5.74) is 7.29. The summed E-state index contributed by atoms with van der Waals surface area (Å²) in [5.74, 6) is 0.701. The predicted octanol–water partition coefficient (Wildman–Crippen LogP) is 1.55. The Hall–Kier alpha value is -3.14. The molecule has 1 fully saturated rings. The number of nitrogens with zero attached hydrogens (tertiary/aromatic N) is 6. The number of benzene rings is 1. The molecule has 1 amide bonds. The highest BCUT2D eigenvalue weighted by Crippen LogP contribution is 2.24.